The minimum atomic E-state index is -4.09. The first-order valence-electron chi connectivity index (χ1n) is 11.7. The molecule has 2 heterocycles. The van der Waals surface area contributed by atoms with Crippen molar-refractivity contribution in [2.75, 3.05) is 12.6 Å². The normalized spacial score (nSPS) is 33.1. The Morgan fingerprint density at radius 1 is 1.35 bits per heavy atom. The van der Waals surface area contributed by atoms with Crippen molar-refractivity contribution >= 4 is 27.7 Å². The van der Waals surface area contributed by atoms with E-state index in [2.05, 4.69) is 14.7 Å². The van der Waals surface area contributed by atoms with Gasteiger partial charge in [-0.05, 0) is 58.8 Å². The van der Waals surface area contributed by atoms with Crippen molar-refractivity contribution < 1.29 is 27.1 Å². The lowest BCUT2D eigenvalue weighted by atomic mass is 9.86. The van der Waals surface area contributed by atoms with Gasteiger partial charge in [0.15, 0.2) is 0 Å². The van der Waals surface area contributed by atoms with Gasteiger partial charge >= 0.3 is 6.09 Å². The highest BCUT2D eigenvalue weighted by molar-refractivity contribution is 7.89. The molecular formula is C22H32ClFN4O5S. The van der Waals surface area contributed by atoms with Gasteiger partial charge in [-0.3, -0.25) is 4.90 Å². The zero-order chi connectivity index (χ0) is 24.7. The van der Waals surface area contributed by atoms with E-state index in [0.717, 1.165) is 31.5 Å². The second-order valence-electron chi connectivity index (χ2n) is 9.95. The van der Waals surface area contributed by atoms with E-state index in [1.54, 1.807) is 26.2 Å². The Balaban J connectivity index is 1.41. The third-order valence-corrected chi connectivity index (χ3v) is 8.32. The average molecular weight is 519 g/mol. The summed E-state index contributed by atoms with van der Waals surface area (Å²) in [4.78, 5) is 23.1. The fourth-order valence-electron chi connectivity index (χ4n) is 5.51. The number of alkyl halides is 1. The van der Waals surface area contributed by atoms with Crippen LogP contribution in [0.1, 0.15) is 58.7 Å². The number of ether oxygens (including phenoxy) is 2. The number of carbonyl (C=O) groups excluding carboxylic acids is 1. The van der Waals surface area contributed by atoms with Gasteiger partial charge in [-0.25, -0.2) is 32.3 Å². The number of likely N-dealkylation sites (tertiary alicyclic amines) is 1. The van der Waals surface area contributed by atoms with Crippen LogP contribution in [0.25, 0.3) is 0 Å². The number of hydrogen-bond donors (Lipinski definition) is 1. The monoisotopic (exact) mass is 518 g/mol. The molecule has 9 nitrogen and oxygen atoms in total. The van der Waals surface area contributed by atoms with Crippen molar-refractivity contribution in [2.45, 2.75) is 88.6 Å². The number of fused-ring (bicyclic) bond motifs is 1. The molecule has 0 unspecified atom stereocenters. The Labute approximate surface area is 204 Å². The number of rotatable bonds is 8. The van der Waals surface area contributed by atoms with Crippen LogP contribution in [0, 0.1) is 5.92 Å². The molecule has 1 N–H and O–H groups in total. The lowest BCUT2D eigenvalue weighted by Crippen LogP contribution is -2.51. The lowest BCUT2D eigenvalue weighted by molar-refractivity contribution is -0.0147. The molecule has 0 spiro atoms. The van der Waals surface area contributed by atoms with Gasteiger partial charge in [0.2, 0.25) is 16.0 Å². The second kappa shape index (κ2) is 9.83. The van der Waals surface area contributed by atoms with Gasteiger partial charge in [0.05, 0.1) is 29.9 Å². The average Bonchev–Trinajstić information content (AvgIpc) is 3.42. The summed E-state index contributed by atoms with van der Waals surface area (Å²) in [6.07, 6.45) is 6.27. The van der Waals surface area contributed by atoms with Crippen molar-refractivity contribution in [3.63, 3.8) is 0 Å². The highest BCUT2D eigenvalue weighted by Crippen LogP contribution is 2.61. The number of carbonyl (C=O) groups is 1. The van der Waals surface area contributed by atoms with Gasteiger partial charge in [0.1, 0.15) is 5.82 Å². The van der Waals surface area contributed by atoms with Gasteiger partial charge in [0.25, 0.3) is 0 Å². The molecule has 0 radical (unpaired) electrons. The van der Waals surface area contributed by atoms with Gasteiger partial charge in [-0.1, -0.05) is 11.6 Å². The molecule has 1 saturated heterocycles. The minimum Gasteiger partial charge on any atom is -0.447 e. The Morgan fingerprint density at radius 3 is 2.68 bits per heavy atom. The highest BCUT2D eigenvalue weighted by Gasteiger charge is 2.60. The molecule has 34 heavy (non-hydrogen) atoms. The standard InChI is InChI=1S/C22H32ClFN4O5S/c1-13(2)33-21(29)28-14(3)6-18(27-34(30,31)12-24)19(28)11-32-17-4-5-22(8-15(22)7-17)20-25-9-16(23)10-26-20/h9-10,13-15,17-19,27H,4-8,11-12H2,1-3H3/t14-,15+,17-,18+,19+,22+/m1/s1. The van der Waals surface area contributed by atoms with E-state index in [0.29, 0.717) is 17.4 Å². The number of nitrogens with one attached hydrogen (secondary N) is 1. The molecule has 0 aromatic carbocycles. The summed E-state index contributed by atoms with van der Waals surface area (Å²) in [5, 5.41) is 0.513. The fourth-order valence-corrected chi connectivity index (χ4v) is 6.39. The van der Waals surface area contributed by atoms with Crippen LogP contribution in [0.5, 0.6) is 0 Å². The van der Waals surface area contributed by atoms with E-state index in [1.807, 2.05) is 6.92 Å². The summed E-state index contributed by atoms with van der Waals surface area (Å²) >= 11 is 5.92. The van der Waals surface area contributed by atoms with Crippen LogP contribution in [0.3, 0.4) is 0 Å². The van der Waals surface area contributed by atoms with Crippen molar-refractivity contribution in [1.82, 2.24) is 19.6 Å². The topological polar surface area (TPSA) is 111 Å². The minimum absolute atomic E-state index is 0.0152. The first-order valence-corrected chi connectivity index (χ1v) is 13.7. The molecule has 3 fully saturated rings. The predicted octanol–water partition coefficient (Wildman–Crippen LogP) is 3.18. The zero-order valence-corrected chi connectivity index (χ0v) is 21.2. The fraction of sp³-hybridized carbons (Fsp3) is 0.773. The second-order valence-corrected chi connectivity index (χ2v) is 12.1. The van der Waals surface area contributed by atoms with E-state index in [9.17, 15) is 17.6 Å². The summed E-state index contributed by atoms with van der Waals surface area (Å²) in [7, 11) is -4.09. The lowest BCUT2D eigenvalue weighted by Gasteiger charge is -2.33. The summed E-state index contributed by atoms with van der Waals surface area (Å²) in [6.45, 7) is 5.46. The largest absolute Gasteiger partial charge is 0.447 e. The van der Waals surface area contributed by atoms with Gasteiger partial charge < -0.3 is 9.47 Å². The summed E-state index contributed by atoms with van der Waals surface area (Å²) in [5.41, 5.74) is -0.0152. The maximum atomic E-state index is 13.0. The molecule has 6 atom stereocenters. The number of hydrogen-bond acceptors (Lipinski definition) is 7. The molecule has 1 aromatic heterocycles. The quantitative estimate of drug-likeness (QED) is 0.562. The van der Waals surface area contributed by atoms with Crippen LogP contribution >= 0.6 is 11.6 Å². The van der Waals surface area contributed by atoms with Crippen molar-refractivity contribution in [3.8, 4) is 0 Å². The maximum Gasteiger partial charge on any atom is 0.410 e. The Hall–Kier alpha value is -1.56. The van der Waals surface area contributed by atoms with Crippen LogP contribution in [0.4, 0.5) is 9.18 Å². The van der Waals surface area contributed by atoms with Gasteiger partial charge in [0, 0.05) is 29.9 Å². The molecule has 190 valence electrons. The number of sulfonamides is 1. The highest BCUT2D eigenvalue weighted by atomic mass is 35.5. The molecule has 4 rings (SSSR count). The third-order valence-electron chi connectivity index (χ3n) is 7.17. The van der Waals surface area contributed by atoms with Crippen LogP contribution in [-0.4, -0.2) is 72.3 Å². The molecule has 1 amide bonds. The Morgan fingerprint density at radius 2 is 2.06 bits per heavy atom. The first-order chi connectivity index (χ1) is 16.0. The van der Waals surface area contributed by atoms with Crippen LogP contribution in [0.2, 0.25) is 5.02 Å². The van der Waals surface area contributed by atoms with Gasteiger partial charge in [-0.15, -0.1) is 0 Å². The number of amides is 1. The number of aromatic nitrogens is 2. The maximum absolute atomic E-state index is 13.0. The molecule has 0 bridgehead atoms. The third kappa shape index (κ3) is 5.32. The van der Waals surface area contributed by atoms with Crippen LogP contribution in [-0.2, 0) is 24.9 Å². The van der Waals surface area contributed by atoms with Gasteiger partial charge in [-0.2, -0.15) is 0 Å². The van der Waals surface area contributed by atoms with Crippen molar-refractivity contribution in [2.24, 2.45) is 5.92 Å². The summed E-state index contributed by atoms with van der Waals surface area (Å²) in [6, 6.07) is -3.03. The molecule has 1 aliphatic heterocycles. The van der Waals surface area contributed by atoms with E-state index in [4.69, 9.17) is 21.1 Å². The van der Waals surface area contributed by atoms with Crippen molar-refractivity contribution in [1.29, 1.82) is 0 Å². The molecule has 1 aromatic rings. The van der Waals surface area contributed by atoms with E-state index in [1.165, 1.54) is 4.90 Å². The molecular weight excluding hydrogens is 487 g/mol. The summed E-state index contributed by atoms with van der Waals surface area (Å²) in [5.74, 6) is 1.24. The predicted molar refractivity (Wildman–Crippen MR) is 124 cm³/mol. The van der Waals surface area contributed by atoms with Crippen LogP contribution in [0.15, 0.2) is 12.4 Å². The Bertz CT molecular complexity index is 998. The molecule has 2 aliphatic carbocycles. The SMILES string of the molecule is CC(C)OC(=O)N1[C@H](C)C[C@H](NS(=O)(=O)CF)[C@@H]1CO[C@@H]1CC[C@]2(c3ncc(Cl)cn3)C[C@@H]2C1. The first kappa shape index (κ1) is 25.5. The van der Waals surface area contributed by atoms with Crippen molar-refractivity contribution in [3.05, 3.63) is 23.2 Å². The number of halogens is 2. The van der Waals surface area contributed by atoms with Crippen LogP contribution < -0.4 is 4.72 Å². The van der Waals surface area contributed by atoms with E-state index in [-0.39, 0.29) is 30.3 Å². The summed E-state index contributed by atoms with van der Waals surface area (Å²) < 4.78 is 50.9. The smallest absolute Gasteiger partial charge is 0.410 e. The Kier molecular flexibility index (Phi) is 7.38. The molecule has 3 aliphatic rings. The number of nitrogens with zero attached hydrogens (tertiary/aromatic N) is 3. The van der Waals surface area contributed by atoms with E-state index >= 15 is 0 Å². The molecule has 12 heteroatoms. The van der Waals surface area contributed by atoms with E-state index < -0.39 is 34.2 Å². The molecule has 2 saturated carbocycles. The zero-order valence-electron chi connectivity index (χ0n) is 19.6.